The molecule has 0 radical (unpaired) electrons. The molecule has 0 aromatic carbocycles. The Bertz CT molecular complexity index is 914. The van der Waals surface area contributed by atoms with Gasteiger partial charge in [0.2, 0.25) is 0 Å². The number of nitrogens with zero attached hydrogens (tertiary/aromatic N) is 3. The van der Waals surface area contributed by atoms with Gasteiger partial charge >= 0.3 is 0 Å². The number of hydrogen-bond acceptors (Lipinski definition) is 10. The van der Waals surface area contributed by atoms with Crippen molar-refractivity contribution in [3.63, 3.8) is 0 Å². The fourth-order valence-electron chi connectivity index (χ4n) is 4.37. The molecule has 32 heavy (non-hydrogen) atoms. The van der Waals surface area contributed by atoms with Crippen LogP contribution in [0.3, 0.4) is 0 Å². The molecular formula is C21H29N3O8. The van der Waals surface area contributed by atoms with Gasteiger partial charge in [-0.2, -0.15) is 0 Å². The number of fused-ring (bicyclic) bond motifs is 1. The fourth-order valence-corrected chi connectivity index (χ4v) is 4.37. The number of aliphatic hydroxyl groups is 1. The van der Waals surface area contributed by atoms with Crippen LogP contribution in [0, 0.1) is 0 Å². The van der Waals surface area contributed by atoms with E-state index in [0.717, 1.165) is 0 Å². The second kappa shape index (κ2) is 8.17. The van der Waals surface area contributed by atoms with Gasteiger partial charge in [-0.1, -0.05) is 5.21 Å². The van der Waals surface area contributed by atoms with Gasteiger partial charge in [-0.05, 0) is 39.8 Å². The molecule has 11 nitrogen and oxygen atoms in total. The van der Waals surface area contributed by atoms with Crippen molar-refractivity contribution in [1.82, 2.24) is 15.0 Å². The Morgan fingerprint density at radius 1 is 1.19 bits per heavy atom. The van der Waals surface area contributed by atoms with Gasteiger partial charge in [-0.25, -0.2) is 4.68 Å². The molecule has 0 spiro atoms. The van der Waals surface area contributed by atoms with Gasteiger partial charge in [-0.15, -0.1) is 5.10 Å². The van der Waals surface area contributed by atoms with Crippen molar-refractivity contribution in [3.05, 3.63) is 36.0 Å². The summed E-state index contributed by atoms with van der Waals surface area (Å²) in [6.45, 7) is 7.80. The fraction of sp³-hybridized carbons (Fsp3) is 0.714. The molecule has 5 rings (SSSR count). The Hall–Kier alpha value is -1.86. The lowest BCUT2D eigenvalue weighted by Gasteiger charge is -2.28. The van der Waals surface area contributed by atoms with E-state index in [1.54, 1.807) is 29.3 Å². The van der Waals surface area contributed by atoms with Crippen molar-refractivity contribution in [2.24, 2.45) is 0 Å². The van der Waals surface area contributed by atoms with Crippen LogP contribution in [0.25, 0.3) is 0 Å². The monoisotopic (exact) mass is 451 g/mol. The summed E-state index contributed by atoms with van der Waals surface area (Å²) in [5, 5.41) is 18.1. The van der Waals surface area contributed by atoms with E-state index in [1.165, 1.54) is 0 Å². The van der Waals surface area contributed by atoms with Crippen molar-refractivity contribution < 1.29 is 37.9 Å². The van der Waals surface area contributed by atoms with Crippen LogP contribution in [0.4, 0.5) is 0 Å². The maximum absolute atomic E-state index is 9.76. The molecule has 0 bridgehead atoms. The van der Waals surface area contributed by atoms with Gasteiger partial charge in [0.05, 0.1) is 32.3 Å². The summed E-state index contributed by atoms with van der Waals surface area (Å²) in [6.07, 6.45) is 1.12. The average molecular weight is 451 g/mol. The molecule has 6 atom stereocenters. The zero-order valence-corrected chi connectivity index (χ0v) is 18.5. The summed E-state index contributed by atoms with van der Waals surface area (Å²) in [6, 6.07) is 3.08. The van der Waals surface area contributed by atoms with E-state index in [2.05, 4.69) is 10.3 Å². The molecule has 11 heteroatoms. The minimum absolute atomic E-state index is 0.171. The van der Waals surface area contributed by atoms with Crippen LogP contribution in [0.5, 0.6) is 0 Å². The third-order valence-electron chi connectivity index (χ3n) is 5.77. The first kappa shape index (κ1) is 22.0. The lowest BCUT2D eigenvalue weighted by Crippen LogP contribution is -2.44. The summed E-state index contributed by atoms with van der Waals surface area (Å²) >= 11 is 0. The predicted octanol–water partition coefficient (Wildman–Crippen LogP) is 1.37. The summed E-state index contributed by atoms with van der Waals surface area (Å²) in [4.78, 5) is 0. The normalized spacial score (nSPS) is 34.1. The summed E-state index contributed by atoms with van der Waals surface area (Å²) in [5.41, 5.74) is 0.597. The molecule has 1 N–H and O–H groups in total. The van der Waals surface area contributed by atoms with Crippen LogP contribution in [0.2, 0.25) is 0 Å². The van der Waals surface area contributed by atoms with Gasteiger partial charge in [0.25, 0.3) is 0 Å². The molecule has 0 aliphatic carbocycles. The lowest BCUT2D eigenvalue weighted by molar-refractivity contribution is -0.236. The second-order valence-electron chi connectivity index (χ2n) is 9.12. The van der Waals surface area contributed by atoms with E-state index in [9.17, 15) is 5.11 Å². The smallest absolute Gasteiger partial charge is 0.190 e. The Labute approximate surface area is 185 Å². The van der Waals surface area contributed by atoms with E-state index < -0.39 is 42.2 Å². The number of aromatic nitrogens is 3. The molecule has 2 aromatic heterocycles. The minimum Gasteiger partial charge on any atom is -0.467 e. The van der Waals surface area contributed by atoms with Crippen molar-refractivity contribution >= 4 is 0 Å². The largest absolute Gasteiger partial charge is 0.467 e. The van der Waals surface area contributed by atoms with E-state index in [0.29, 0.717) is 18.1 Å². The molecule has 0 amide bonds. The molecular weight excluding hydrogens is 422 g/mol. The average Bonchev–Trinajstić information content (AvgIpc) is 3.51. The SMILES string of the molecule is CC1(C)O[C@H]2O[C@H]([C@@H]3COC(C)(C)O3)[C@H](OCc3cn(C(CO)c4ccco4)nn3)[C@H]2O1. The summed E-state index contributed by atoms with van der Waals surface area (Å²) in [5.74, 6) is -0.864. The van der Waals surface area contributed by atoms with Gasteiger partial charge in [0, 0.05) is 0 Å². The second-order valence-corrected chi connectivity index (χ2v) is 9.12. The van der Waals surface area contributed by atoms with Gasteiger partial charge < -0.3 is 37.9 Å². The molecule has 3 saturated heterocycles. The molecule has 3 fully saturated rings. The van der Waals surface area contributed by atoms with Crippen LogP contribution in [0.15, 0.2) is 29.0 Å². The zero-order chi connectivity index (χ0) is 22.5. The molecule has 176 valence electrons. The van der Waals surface area contributed by atoms with Gasteiger partial charge in [0.1, 0.15) is 41.9 Å². The molecule has 0 saturated carbocycles. The molecule has 1 unspecified atom stereocenters. The highest BCUT2D eigenvalue weighted by molar-refractivity contribution is 5.07. The van der Waals surface area contributed by atoms with Crippen molar-refractivity contribution in [1.29, 1.82) is 0 Å². The highest BCUT2D eigenvalue weighted by Gasteiger charge is 2.59. The van der Waals surface area contributed by atoms with E-state index in [1.807, 2.05) is 27.7 Å². The van der Waals surface area contributed by atoms with Gasteiger partial charge in [0.15, 0.2) is 17.9 Å². The first-order chi connectivity index (χ1) is 15.2. The molecule has 3 aliphatic rings. The topological polar surface area (TPSA) is 119 Å². The van der Waals surface area contributed by atoms with Crippen molar-refractivity contribution in [2.45, 2.75) is 82.6 Å². The van der Waals surface area contributed by atoms with Crippen molar-refractivity contribution in [2.75, 3.05) is 13.2 Å². The number of aliphatic hydroxyl groups excluding tert-OH is 1. The van der Waals surface area contributed by atoms with E-state index >= 15 is 0 Å². The van der Waals surface area contributed by atoms with Gasteiger partial charge in [-0.3, -0.25) is 0 Å². The molecule has 3 aliphatic heterocycles. The summed E-state index contributed by atoms with van der Waals surface area (Å²) in [7, 11) is 0. The van der Waals surface area contributed by atoms with Crippen LogP contribution in [-0.4, -0.2) is 75.6 Å². The Balaban J connectivity index is 1.29. The molecule has 2 aromatic rings. The first-order valence-electron chi connectivity index (χ1n) is 10.7. The highest BCUT2D eigenvalue weighted by atomic mass is 16.8. The standard InChI is InChI=1S/C21H29N3O8/c1-20(2)28-11-15(30-20)16-17(18-19(29-16)32-21(3,4)31-18)27-10-12-8-24(23-22-12)13(9-25)14-6-5-7-26-14/h5-8,13,15-19,25H,9-11H2,1-4H3/t13?,15-,16+,17-,18+,19+/m0/s1. The quantitative estimate of drug-likeness (QED) is 0.661. The first-order valence-corrected chi connectivity index (χ1v) is 10.7. The molecule has 5 heterocycles. The number of rotatable bonds is 7. The minimum atomic E-state index is -0.769. The van der Waals surface area contributed by atoms with Crippen LogP contribution in [0.1, 0.15) is 45.2 Å². The Morgan fingerprint density at radius 3 is 2.72 bits per heavy atom. The maximum Gasteiger partial charge on any atom is 0.190 e. The number of hydrogen-bond donors (Lipinski definition) is 1. The van der Waals surface area contributed by atoms with Crippen LogP contribution in [-0.2, 0) is 35.0 Å². The number of furan rings is 1. The number of ether oxygens (including phenoxy) is 6. The zero-order valence-electron chi connectivity index (χ0n) is 18.5. The maximum atomic E-state index is 9.76. The predicted molar refractivity (Wildman–Crippen MR) is 106 cm³/mol. The van der Waals surface area contributed by atoms with Crippen molar-refractivity contribution in [3.8, 4) is 0 Å². The third kappa shape index (κ3) is 4.21. The van der Waals surface area contributed by atoms with Crippen LogP contribution < -0.4 is 0 Å². The lowest BCUT2D eigenvalue weighted by atomic mass is 10.1. The summed E-state index contributed by atoms with van der Waals surface area (Å²) < 4.78 is 43.0. The van der Waals surface area contributed by atoms with E-state index in [4.69, 9.17) is 32.8 Å². The Kier molecular flexibility index (Phi) is 5.61. The van der Waals surface area contributed by atoms with E-state index in [-0.39, 0.29) is 19.3 Å². The van der Waals surface area contributed by atoms with Crippen LogP contribution >= 0.6 is 0 Å². The highest BCUT2D eigenvalue weighted by Crippen LogP contribution is 2.42. The Morgan fingerprint density at radius 2 is 2.03 bits per heavy atom. The third-order valence-corrected chi connectivity index (χ3v) is 5.77.